The van der Waals surface area contributed by atoms with Gasteiger partial charge in [-0.3, -0.25) is 10.1 Å². The van der Waals surface area contributed by atoms with Crippen molar-refractivity contribution in [3.8, 4) is 5.75 Å². The van der Waals surface area contributed by atoms with Gasteiger partial charge in [0.1, 0.15) is 5.75 Å². The van der Waals surface area contributed by atoms with Gasteiger partial charge in [0.15, 0.2) is 5.11 Å². The summed E-state index contributed by atoms with van der Waals surface area (Å²) < 4.78 is 5.15. The van der Waals surface area contributed by atoms with Gasteiger partial charge in [-0.15, -0.1) is 0 Å². The first-order valence-electron chi connectivity index (χ1n) is 6.88. The van der Waals surface area contributed by atoms with Crippen molar-refractivity contribution in [3.05, 3.63) is 57.6 Å². The predicted octanol–water partition coefficient (Wildman–Crippen LogP) is 4.03. The van der Waals surface area contributed by atoms with Gasteiger partial charge in [-0.25, -0.2) is 0 Å². The molecule has 0 heterocycles. The third-order valence-corrected chi connectivity index (χ3v) is 3.52. The molecule has 0 saturated heterocycles. The lowest BCUT2D eigenvalue weighted by molar-refractivity contribution is -0.385. The maximum absolute atomic E-state index is 11.0. The SMILES string of the molecule is COc1cccc(NC(=S)Nc2cc([N+](=O)[O-])c(C)cc2C)c1. The molecule has 0 aliphatic rings. The number of aryl methyl sites for hydroxylation is 2. The molecule has 23 heavy (non-hydrogen) atoms. The van der Waals surface area contributed by atoms with Crippen LogP contribution in [0.5, 0.6) is 5.75 Å². The number of nitrogens with one attached hydrogen (secondary N) is 2. The first-order chi connectivity index (χ1) is 10.9. The number of benzene rings is 2. The quantitative estimate of drug-likeness (QED) is 0.500. The fourth-order valence-electron chi connectivity index (χ4n) is 2.16. The number of thiocarbonyl (C=S) groups is 1. The minimum absolute atomic E-state index is 0.0577. The van der Waals surface area contributed by atoms with Gasteiger partial charge in [0.05, 0.1) is 17.7 Å². The van der Waals surface area contributed by atoms with E-state index in [9.17, 15) is 10.1 Å². The van der Waals surface area contributed by atoms with Crippen LogP contribution in [-0.2, 0) is 0 Å². The summed E-state index contributed by atoms with van der Waals surface area (Å²) in [6.07, 6.45) is 0. The summed E-state index contributed by atoms with van der Waals surface area (Å²) >= 11 is 5.27. The van der Waals surface area contributed by atoms with E-state index in [-0.39, 0.29) is 5.69 Å². The summed E-state index contributed by atoms with van der Waals surface area (Å²) in [5.74, 6) is 0.708. The van der Waals surface area contributed by atoms with Crippen LogP contribution in [0.2, 0.25) is 0 Å². The minimum atomic E-state index is -0.404. The number of ether oxygens (including phenoxy) is 1. The highest BCUT2D eigenvalue weighted by molar-refractivity contribution is 7.80. The van der Waals surface area contributed by atoms with Crippen LogP contribution in [0.4, 0.5) is 17.1 Å². The number of rotatable bonds is 4. The zero-order valence-corrected chi connectivity index (χ0v) is 13.9. The normalized spacial score (nSPS) is 10.0. The average molecular weight is 331 g/mol. The molecule has 2 N–H and O–H groups in total. The van der Waals surface area contributed by atoms with Crippen LogP contribution >= 0.6 is 12.2 Å². The molecule has 0 radical (unpaired) electrons. The van der Waals surface area contributed by atoms with Crippen molar-refractivity contribution < 1.29 is 9.66 Å². The Kier molecular flexibility index (Phi) is 5.13. The third kappa shape index (κ3) is 4.17. The zero-order valence-electron chi connectivity index (χ0n) is 13.0. The van der Waals surface area contributed by atoms with Crippen molar-refractivity contribution in [2.75, 3.05) is 17.7 Å². The van der Waals surface area contributed by atoms with Gasteiger partial charge in [0, 0.05) is 23.4 Å². The first-order valence-corrected chi connectivity index (χ1v) is 7.29. The standard InChI is InChI=1S/C16H17N3O3S/c1-10-7-11(2)15(19(20)21)9-14(10)18-16(23)17-12-5-4-6-13(8-12)22-3/h4-9H,1-3H3,(H2,17,18,23). The Morgan fingerprint density at radius 1 is 1.17 bits per heavy atom. The Labute approximate surface area is 139 Å². The lowest BCUT2D eigenvalue weighted by atomic mass is 10.1. The lowest BCUT2D eigenvalue weighted by Crippen LogP contribution is -2.19. The van der Waals surface area contributed by atoms with E-state index < -0.39 is 4.92 Å². The summed E-state index contributed by atoms with van der Waals surface area (Å²) in [7, 11) is 1.59. The van der Waals surface area contributed by atoms with Gasteiger partial charge in [-0.1, -0.05) is 6.07 Å². The second kappa shape index (κ2) is 7.06. The zero-order chi connectivity index (χ0) is 17.0. The van der Waals surface area contributed by atoms with Crippen LogP contribution in [0.1, 0.15) is 11.1 Å². The molecule has 0 aliphatic heterocycles. The number of anilines is 2. The molecule has 2 aromatic carbocycles. The molecule has 2 rings (SSSR count). The van der Waals surface area contributed by atoms with Crippen LogP contribution in [0.25, 0.3) is 0 Å². The van der Waals surface area contributed by atoms with Crippen LogP contribution in [0, 0.1) is 24.0 Å². The smallest absolute Gasteiger partial charge is 0.274 e. The van der Waals surface area contributed by atoms with Crippen molar-refractivity contribution >= 4 is 34.4 Å². The third-order valence-electron chi connectivity index (χ3n) is 3.32. The summed E-state index contributed by atoms with van der Waals surface area (Å²) in [6, 6.07) is 10.6. The fourth-order valence-corrected chi connectivity index (χ4v) is 2.39. The molecule has 0 fully saturated rings. The molecule has 0 aliphatic carbocycles. The summed E-state index contributed by atoms with van der Waals surface area (Å²) in [6.45, 7) is 3.58. The Morgan fingerprint density at radius 2 is 1.91 bits per heavy atom. The predicted molar refractivity (Wildman–Crippen MR) is 95.4 cm³/mol. The molecule has 0 aromatic heterocycles. The van der Waals surface area contributed by atoms with Crippen molar-refractivity contribution in [2.45, 2.75) is 13.8 Å². The molecule has 120 valence electrons. The second-order valence-corrected chi connectivity index (χ2v) is 5.43. The summed E-state index contributed by atoms with van der Waals surface area (Å²) in [4.78, 5) is 10.6. The number of hydrogen-bond acceptors (Lipinski definition) is 4. The molecule has 0 atom stereocenters. The molecular weight excluding hydrogens is 314 g/mol. The highest BCUT2D eigenvalue weighted by atomic mass is 32.1. The van der Waals surface area contributed by atoms with Crippen molar-refractivity contribution in [1.82, 2.24) is 0 Å². The molecule has 6 nitrogen and oxygen atoms in total. The van der Waals surface area contributed by atoms with Crippen molar-refractivity contribution in [3.63, 3.8) is 0 Å². The molecule has 2 aromatic rings. The first kappa shape index (κ1) is 16.7. The Hall–Kier alpha value is -2.67. The number of nitrogens with zero attached hydrogens (tertiary/aromatic N) is 1. The van der Waals surface area contributed by atoms with Gasteiger partial charge in [0.2, 0.25) is 0 Å². The van der Waals surface area contributed by atoms with Crippen molar-refractivity contribution in [2.24, 2.45) is 0 Å². The van der Waals surface area contributed by atoms with Crippen molar-refractivity contribution in [1.29, 1.82) is 0 Å². The molecule has 0 spiro atoms. The highest BCUT2D eigenvalue weighted by Crippen LogP contribution is 2.26. The molecule has 0 bridgehead atoms. The maximum Gasteiger partial charge on any atom is 0.274 e. The van der Waals surface area contributed by atoms with Gasteiger partial charge in [0.25, 0.3) is 5.69 Å². The lowest BCUT2D eigenvalue weighted by Gasteiger charge is -2.13. The number of methoxy groups -OCH3 is 1. The molecular formula is C16H17N3O3S. The van der Waals surface area contributed by atoms with Crippen LogP contribution in [-0.4, -0.2) is 17.1 Å². The second-order valence-electron chi connectivity index (χ2n) is 5.02. The largest absolute Gasteiger partial charge is 0.497 e. The minimum Gasteiger partial charge on any atom is -0.497 e. The molecule has 0 unspecified atom stereocenters. The van der Waals surface area contributed by atoms with Crippen LogP contribution < -0.4 is 15.4 Å². The van der Waals surface area contributed by atoms with Gasteiger partial charge in [-0.2, -0.15) is 0 Å². The van der Waals surface area contributed by atoms with E-state index in [1.807, 2.05) is 25.1 Å². The monoisotopic (exact) mass is 331 g/mol. The van der Waals surface area contributed by atoms with Crippen LogP contribution in [0.3, 0.4) is 0 Å². The van der Waals surface area contributed by atoms with E-state index in [0.717, 1.165) is 11.3 Å². The Morgan fingerprint density at radius 3 is 2.57 bits per heavy atom. The van der Waals surface area contributed by atoms with Gasteiger partial charge in [-0.05, 0) is 49.8 Å². The molecule has 0 saturated carbocycles. The Bertz CT molecular complexity index is 762. The van der Waals surface area contributed by atoms with Gasteiger partial charge < -0.3 is 15.4 Å². The number of nitro benzene ring substituents is 1. The number of nitro groups is 1. The average Bonchev–Trinajstić information content (AvgIpc) is 2.49. The van der Waals surface area contributed by atoms with Gasteiger partial charge >= 0.3 is 0 Å². The van der Waals surface area contributed by atoms with E-state index in [2.05, 4.69) is 10.6 Å². The number of hydrogen-bond donors (Lipinski definition) is 2. The van der Waals surface area contributed by atoms with E-state index in [1.165, 1.54) is 6.07 Å². The van der Waals surface area contributed by atoms with E-state index >= 15 is 0 Å². The maximum atomic E-state index is 11.0. The van der Waals surface area contributed by atoms with E-state index in [4.69, 9.17) is 17.0 Å². The topological polar surface area (TPSA) is 76.4 Å². The summed E-state index contributed by atoms with van der Waals surface area (Å²) in [5, 5.41) is 17.4. The van der Waals surface area contributed by atoms with Crippen LogP contribution in [0.15, 0.2) is 36.4 Å². The van der Waals surface area contributed by atoms with E-state index in [1.54, 1.807) is 26.2 Å². The molecule has 0 amide bonds. The summed E-state index contributed by atoms with van der Waals surface area (Å²) in [5.41, 5.74) is 2.92. The van der Waals surface area contributed by atoms with E-state index in [0.29, 0.717) is 22.1 Å². The Balaban J connectivity index is 2.16. The highest BCUT2D eigenvalue weighted by Gasteiger charge is 2.14. The fraction of sp³-hybridized carbons (Fsp3) is 0.188. The molecule has 7 heteroatoms.